The summed E-state index contributed by atoms with van der Waals surface area (Å²) in [6, 6.07) is 17.4. The first kappa shape index (κ1) is 21.1. The fraction of sp³-hybridized carbons (Fsp3) is 0.304. The van der Waals surface area contributed by atoms with Crippen LogP contribution in [0.1, 0.15) is 25.8 Å². The predicted octanol–water partition coefficient (Wildman–Crippen LogP) is 5.11. The van der Waals surface area contributed by atoms with Crippen molar-refractivity contribution in [3.8, 4) is 5.75 Å². The second-order valence-corrected chi connectivity index (χ2v) is 7.67. The van der Waals surface area contributed by atoms with Crippen LogP contribution in [0.15, 0.2) is 64.5 Å². The molecule has 2 aromatic carbocycles. The average Bonchev–Trinajstić information content (AvgIpc) is 3.02. The van der Waals surface area contributed by atoms with Gasteiger partial charge in [0.1, 0.15) is 5.75 Å². The highest BCUT2D eigenvalue weighted by Crippen LogP contribution is 2.35. The zero-order chi connectivity index (χ0) is 20.6. The number of methoxy groups -OCH3 is 1. The summed E-state index contributed by atoms with van der Waals surface area (Å²) in [6.45, 7) is 5.02. The summed E-state index contributed by atoms with van der Waals surface area (Å²) in [4.78, 5) is 20.0. The molecule has 6 heteroatoms. The van der Waals surface area contributed by atoms with Crippen molar-refractivity contribution < 1.29 is 14.3 Å². The molecule has 2 aromatic rings. The molecular formula is C23H26N2O3S. The number of amides is 1. The van der Waals surface area contributed by atoms with Crippen molar-refractivity contribution in [2.24, 2.45) is 4.99 Å². The molecule has 1 amide bonds. The molecule has 1 saturated heterocycles. The lowest BCUT2D eigenvalue weighted by atomic mass is 10.1. The van der Waals surface area contributed by atoms with Gasteiger partial charge < -0.3 is 9.47 Å². The SMILES string of the molecule is CCC(C)Oc1ccccc1/C=C1\SC(=Nc2ccccc2)N(CCOC)C1=O. The minimum absolute atomic E-state index is 0.0694. The summed E-state index contributed by atoms with van der Waals surface area (Å²) in [5.41, 5.74) is 1.70. The summed E-state index contributed by atoms with van der Waals surface area (Å²) < 4.78 is 11.2. The minimum atomic E-state index is -0.0694. The summed E-state index contributed by atoms with van der Waals surface area (Å²) in [7, 11) is 1.63. The van der Waals surface area contributed by atoms with Crippen LogP contribution in [0, 0.1) is 0 Å². The summed E-state index contributed by atoms with van der Waals surface area (Å²) in [5.74, 6) is 0.708. The molecular weight excluding hydrogens is 384 g/mol. The number of para-hydroxylation sites is 2. The Bertz CT molecular complexity index is 896. The Balaban J connectivity index is 1.92. The van der Waals surface area contributed by atoms with Crippen LogP contribution in [0.2, 0.25) is 0 Å². The number of rotatable bonds is 8. The smallest absolute Gasteiger partial charge is 0.266 e. The van der Waals surface area contributed by atoms with Crippen molar-refractivity contribution in [1.29, 1.82) is 0 Å². The number of aliphatic imine (C=N–C) groups is 1. The van der Waals surface area contributed by atoms with E-state index in [4.69, 9.17) is 9.47 Å². The van der Waals surface area contributed by atoms with E-state index in [1.54, 1.807) is 12.0 Å². The molecule has 1 heterocycles. The number of ether oxygens (including phenoxy) is 2. The number of carbonyl (C=O) groups is 1. The molecule has 0 aliphatic carbocycles. The van der Waals surface area contributed by atoms with E-state index < -0.39 is 0 Å². The van der Waals surface area contributed by atoms with Gasteiger partial charge in [-0.2, -0.15) is 0 Å². The number of benzene rings is 2. The molecule has 1 aliphatic heterocycles. The van der Waals surface area contributed by atoms with E-state index in [2.05, 4.69) is 11.9 Å². The Labute approximate surface area is 176 Å². The summed E-state index contributed by atoms with van der Waals surface area (Å²) in [6.07, 6.45) is 2.91. The largest absolute Gasteiger partial charge is 0.490 e. The highest BCUT2D eigenvalue weighted by molar-refractivity contribution is 8.18. The Morgan fingerprint density at radius 1 is 1.14 bits per heavy atom. The van der Waals surface area contributed by atoms with Crippen LogP contribution in [-0.4, -0.2) is 42.3 Å². The first-order chi connectivity index (χ1) is 14.1. The normalized spacial score (nSPS) is 17.9. The maximum atomic E-state index is 13.1. The highest BCUT2D eigenvalue weighted by Gasteiger charge is 2.33. The van der Waals surface area contributed by atoms with Gasteiger partial charge in [-0.3, -0.25) is 9.69 Å². The molecule has 1 unspecified atom stereocenters. The minimum Gasteiger partial charge on any atom is -0.490 e. The molecule has 0 N–H and O–H groups in total. The van der Waals surface area contributed by atoms with E-state index >= 15 is 0 Å². The van der Waals surface area contributed by atoms with Crippen LogP contribution < -0.4 is 4.74 Å². The quantitative estimate of drug-likeness (QED) is 0.567. The number of nitrogens with zero attached hydrogens (tertiary/aromatic N) is 2. The molecule has 5 nitrogen and oxygen atoms in total. The van der Waals surface area contributed by atoms with Crippen molar-refractivity contribution >= 4 is 34.6 Å². The maximum absolute atomic E-state index is 13.1. The molecule has 0 spiro atoms. The maximum Gasteiger partial charge on any atom is 0.266 e. The van der Waals surface area contributed by atoms with Crippen molar-refractivity contribution in [3.05, 3.63) is 65.1 Å². The van der Waals surface area contributed by atoms with Crippen molar-refractivity contribution in [2.75, 3.05) is 20.3 Å². The molecule has 0 radical (unpaired) electrons. The number of hydrogen-bond acceptors (Lipinski definition) is 5. The van der Waals surface area contributed by atoms with Gasteiger partial charge in [0.25, 0.3) is 5.91 Å². The lowest BCUT2D eigenvalue weighted by Gasteiger charge is -2.15. The number of thioether (sulfide) groups is 1. The van der Waals surface area contributed by atoms with Crippen molar-refractivity contribution in [3.63, 3.8) is 0 Å². The van der Waals surface area contributed by atoms with E-state index in [9.17, 15) is 4.79 Å². The van der Waals surface area contributed by atoms with Gasteiger partial charge in [0.2, 0.25) is 0 Å². The molecule has 1 atom stereocenters. The zero-order valence-corrected chi connectivity index (χ0v) is 17.8. The molecule has 1 fully saturated rings. The number of carbonyl (C=O) groups excluding carboxylic acids is 1. The summed E-state index contributed by atoms with van der Waals surface area (Å²) in [5, 5.41) is 0.657. The molecule has 29 heavy (non-hydrogen) atoms. The van der Waals surface area contributed by atoms with E-state index in [0.29, 0.717) is 23.2 Å². The first-order valence-corrected chi connectivity index (χ1v) is 10.5. The fourth-order valence-electron chi connectivity index (χ4n) is 2.73. The van der Waals surface area contributed by atoms with Gasteiger partial charge in [-0.05, 0) is 49.4 Å². The fourth-order valence-corrected chi connectivity index (χ4v) is 3.75. The van der Waals surface area contributed by atoms with Gasteiger partial charge in [-0.15, -0.1) is 0 Å². The van der Waals surface area contributed by atoms with Gasteiger partial charge in [-0.1, -0.05) is 43.3 Å². The van der Waals surface area contributed by atoms with E-state index in [-0.39, 0.29) is 12.0 Å². The van der Waals surface area contributed by atoms with E-state index in [1.165, 1.54) is 11.8 Å². The molecule has 152 valence electrons. The highest BCUT2D eigenvalue weighted by atomic mass is 32.2. The topological polar surface area (TPSA) is 51.1 Å². The van der Waals surface area contributed by atoms with Gasteiger partial charge >= 0.3 is 0 Å². The van der Waals surface area contributed by atoms with Gasteiger partial charge in [0.05, 0.1) is 29.8 Å². The van der Waals surface area contributed by atoms with Crippen molar-refractivity contribution in [1.82, 2.24) is 4.90 Å². The Morgan fingerprint density at radius 3 is 2.59 bits per heavy atom. The van der Waals surface area contributed by atoms with E-state index in [1.807, 2.05) is 67.6 Å². The Hall–Kier alpha value is -2.57. The molecule has 0 saturated carbocycles. The third-order valence-corrected chi connectivity index (χ3v) is 5.50. The lowest BCUT2D eigenvalue weighted by Crippen LogP contribution is -2.32. The molecule has 0 bridgehead atoms. The van der Waals surface area contributed by atoms with Crippen molar-refractivity contribution in [2.45, 2.75) is 26.4 Å². The first-order valence-electron chi connectivity index (χ1n) is 9.72. The third-order valence-electron chi connectivity index (χ3n) is 4.50. The monoisotopic (exact) mass is 410 g/mol. The number of amidine groups is 1. The van der Waals surface area contributed by atoms with Crippen LogP contribution in [-0.2, 0) is 9.53 Å². The summed E-state index contributed by atoms with van der Waals surface area (Å²) >= 11 is 1.38. The average molecular weight is 411 g/mol. The Kier molecular flexibility index (Phi) is 7.49. The van der Waals surface area contributed by atoms with Crippen LogP contribution in [0.25, 0.3) is 6.08 Å². The van der Waals surface area contributed by atoms with Gasteiger partial charge in [0, 0.05) is 12.7 Å². The Morgan fingerprint density at radius 2 is 1.86 bits per heavy atom. The lowest BCUT2D eigenvalue weighted by molar-refractivity contribution is -0.122. The molecule has 1 aliphatic rings. The van der Waals surface area contributed by atoms with Gasteiger partial charge in [-0.25, -0.2) is 4.99 Å². The predicted molar refractivity (Wildman–Crippen MR) is 120 cm³/mol. The van der Waals surface area contributed by atoms with E-state index in [0.717, 1.165) is 23.4 Å². The second kappa shape index (κ2) is 10.3. The van der Waals surface area contributed by atoms with Crippen LogP contribution in [0.4, 0.5) is 5.69 Å². The van der Waals surface area contributed by atoms with Crippen LogP contribution >= 0.6 is 11.8 Å². The van der Waals surface area contributed by atoms with Crippen LogP contribution in [0.5, 0.6) is 5.75 Å². The number of hydrogen-bond donors (Lipinski definition) is 0. The standard InChI is InChI=1S/C23H26N2O3S/c1-4-17(2)28-20-13-9-8-10-18(20)16-21-22(26)25(14-15-27-3)23(29-21)24-19-11-6-5-7-12-19/h5-13,16-17H,4,14-15H2,1-3H3/b21-16-,24-23?. The van der Waals surface area contributed by atoms with Gasteiger partial charge in [0.15, 0.2) is 5.17 Å². The third kappa shape index (κ3) is 5.49. The molecule has 3 rings (SSSR count). The van der Waals surface area contributed by atoms with Crippen LogP contribution in [0.3, 0.4) is 0 Å². The second-order valence-electron chi connectivity index (χ2n) is 6.66. The zero-order valence-electron chi connectivity index (χ0n) is 17.0. The molecule has 0 aromatic heterocycles.